The van der Waals surface area contributed by atoms with E-state index in [0.717, 1.165) is 6.42 Å². The Hall–Kier alpha value is -1.74. The molecule has 0 bridgehead atoms. The van der Waals surface area contributed by atoms with Crippen molar-refractivity contribution < 1.29 is 14.7 Å². The summed E-state index contributed by atoms with van der Waals surface area (Å²) in [5.74, 6) is 1.63. The molecular weight excluding hydrogens is 234 g/mol. The van der Waals surface area contributed by atoms with Crippen LogP contribution in [0.5, 0.6) is 0 Å². The van der Waals surface area contributed by atoms with Crippen LogP contribution in [-0.2, 0) is 4.79 Å². The van der Waals surface area contributed by atoms with Crippen LogP contribution >= 0.6 is 0 Å². The Bertz CT molecular complexity index is 338. The molecule has 0 unspecified atom stereocenters. The molecule has 1 heterocycles. The summed E-state index contributed by atoms with van der Waals surface area (Å²) in [7, 11) is 0. The van der Waals surface area contributed by atoms with Crippen LogP contribution in [-0.4, -0.2) is 66.2 Å². The minimum Gasteiger partial charge on any atom is -0.480 e. The van der Waals surface area contributed by atoms with E-state index >= 15 is 0 Å². The topological polar surface area (TPSA) is 72.9 Å². The van der Waals surface area contributed by atoms with E-state index in [1.807, 2.05) is 4.90 Å². The van der Waals surface area contributed by atoms with E-state index in [-0.39, 0.29) is 12.6 Å². The number of hydrogen-bond donors (Lipinski definition) is 2. The number of carbonyl (C=O) groups excluding carboxylic acids is 1. The van der Waals surface area contributed by atoms with Gasteiger partial charge in [0, 0.05) is 39.1 Å². The lowest BCUT2D eigenvalue weighted by atomic mass is 10.4. The second kappa shape index (κ2) is 7.56. The zero-order valence-electron chi connectivity index (χ0n) is 10.4. The van der Waals surface area contributed by atoms with E-state index in [1.54, 1.807) is 4.90 Å². The predicted molar refractivity (Wildman–Crippen MR) is 67.1 cm³/mol. The highest BCUT2D eigenvalue weighted by molar-refractivity contribution is 5.74. The average molecular weight is 253 g/mol. The molecule has 6 nitrogen and oxygen atoms in total. The summed E-state index contributed by atoms with van der Waals surface area (Å²) < 4.78 is 0. The van der Waals surface area contributed by atoms with E-state index in [2.05, 4.69) is 11.2 Å². The van der Waals surface area contributed by atoms with Crippen LogP contribution in [0.1, 0.15) is 12.8 Å². The third kappa shape index (κ3) is 5.06. The summed E-state index contributed by atoms with van der Waals surface area (Å²) >= 11 is 0. The molecule has 100 valence electrons. The van der Waals surface area contributed by atoms with Crippen molar-refractivity contribution in [3.63, 3.8) is 0 Å². The zero-order chi connectivity index (χ0) is 13.4. The van der Waals surface area contributed by atoms with Gasteiger partial charge >= 0.3 is 12.0 Å². The fourth-order valence-corrected chi connectivity index (χ4v) is 1.88. The molecule has 0 radical (unpaired) electrons. The van der Waals surface area contributed by atoms with E-state index in [4.69, 9.17) is 11.5 Å². The molecule has 1 aliphatic heterocycles. The Morgan fingerprint density at radius 2 is 2.06 bits per heavy atom. The average Bonchev–Trinajstić information content (AvgIpc) is 2.54. The molecule has 0 saturated carbocycles. The van der Waals surface area contributed by atoms with Crippen molar-refractivity contribution in [1.29, 1.82) is 0 Å². The van der Waals surface area contributed by atoms with Crippen LogP contribution in [0.4, 0.5) is 4.79 Å². The van der Waals surface area contributed by atoms with Crippen molar-refractivity contribution >= 4 is 12.0 Å². The lowest BCUT2D eigenvalue weighted by molar-refractivity contribution is -0.138. The molecule has 18 heavy (non-hydrogen) atoms. The van der Waals surface area contributed by atoms with Crippen LogP contribution in [0.15, 0.2) is 0 Å². The predicted octanol–water partition coefficient (Wildman–Crippen LogP) is -0.188. The van der Waals surface area contributed by atoms with Gasteiger partial charge in [-0.05, 0) is 6.42 Å². The highest BCUT2D eigenvalue weighted by Crippen LogP contribution is 2.03. The van der Waals surface area contributed by atoms with E-state index in [9.17, 15) is 9.59 Å². The summed E-state index contributed by atoms with van der Waals surface area (Å²) in [6, 6.07) is -0.123. The Morgan fingerprint density at radius 1 is 1.28 bits per heavy atom. The largest absolute Gasteiger partial charge is 0.480 e. The second-order valence-corrected chi connectivity index (χ2v) is 4.20. The summed E-state index contributed by atoms with van der Waals surface area (Å²) in [5.41, 5.74) is 0. The third-order valence-corrected chi connectivity index (χ3v) is 2.78. The number of rotatable bonds is 4. The fourth-order valence-electron chi connectivity index (χ4n) is 1.88. The minimum absolute atomic E-state index is 0.0343. The van der Waals surface area contributed by atoms with Gasteiger partial charge in [-0.2, -0.15) is 0 Å². The molecule has 0 aliphatic carbocycles. The molecule has 2 amide bonds. The van der Waals surface area contributed by atoms with Gasteiger partial charge in [0.15, 0.2) is 0 Å². The lowest BCUT2D eigenvalue weighted by Gasteiger charge is -2.21. The van der Waals surface area contributed by atoms with Crippen LogP contribution < -0.4 is 5.32 Å². The molecule has 0 aromatic heterocycles. The van der Waals surface area contributed by atoms with Gasteiger partial charge in [0.05, 0.1) is 6.54 Å². The maximum atomic E-state index is 11.8. The summed E-state index contributed by atoms with van der Waals surface area (Å²) in [5, 5.41) is 11.5. The molecule has 0 aromatic carbocycles. The minimum atomic E-state index is -0.832. The Morgan fingerprint density at radius 3 is 2.72 bits per heavy atom. The van der Waals surface area contributed by atoms with E-state index in [1.165, 1.54) is 0 Å². The van der Waals surface area contributed by atoms with Crippen molar-refractivity contribution in [2.45, 2.75) is 12.8 Å². The normalized spacial score (nSPS) is 16.7. The Balaban J connectivity index is 2.34. The molecule has 0 spiro atoms. The molecule has 2 N–H and O–H groups in total. The van der Waals surface area contributed by atoms with Crippen molar-refractivity contribution in [1.82, 2.24) is 15.1 Å². The van der Waals surface area contributed by atoms with E-state index < -0.39 is 5.97 Å². The number of carboxylic acids is 1. The Kier molecular flexibility index (Phi) is 6.01. The first-order valence-electron chi connectivity index (χ1n) is 6.04. The van der Waals surface area contributed by atoms with Crippen LogP contribution in [0.2, 0.25) is 0 Å². The number of urea groups is 1. The second-order valence-electron chi connectivity index (χ2n) is 4.20. The zero-order valence-corrected chi connectivity index (χ0v) is 10.4. The number of nitrogens with zero attached hydrogens (tertiary/aromatic N) is 2. The molecule has 0 aromatic rings. The molecule has 1 saturated heterocycles. The molecule has 1 rings (SSSR count). The highest BCUT2D eigenvalue weighted by atomic mass is 16.4. The monoisotopic (exact) mass is 253 g/mol. The van der Waals surface area contributed by atoms with Gasteiger partial charge in [-0.3, -0.25) is 9.69 Å². The summed E-state index contributed by atoms with van der Waals surface area (Å²) in [4.78, 5) is 25.9. The number of terminal acetylenes is 1. The molecular formula is C12H19N3O3. The maximum absolute atomic E-state index is 11.8. The van der Waals surface area contributed by atoms with Gasteiger partial charge in [-0.15, -0.1) is 12.3 Å². The molecule has 1 aliphatic rings. The number of hydrogen-bond acceptors (Lipinski definition) is 3. The lowest BCUT2D eigenvalue weighted by Crippen LogP contribution is -2.42. The van der Waals surface area contributed by atoms with Gasteiger partial charge < -0.3 is 15.3 Å². The van der Waals surface area contributed by atoms with Gasteiger partial charge in [-0.1, -0.05) is 0 Å². The van der Waals surface area contributed by atoms with Gasteiger partial charge in [-0.25, -0.2) is 4.79 Å². The quantitative estimate of drug-likeness (QED) is 0.538. The number of carbonyl (C=O) groups is 2. The molecule has 1 fully saturated rings. The third-order valence-electron chi connectivity index (χ3n) is 2.78. The number of aliphatic carboxylic acids is 1. The summed E-state index contributed by atoms with van der Waals surface area (Å²) in [6.45, 7) is 3.01. The molecule has 6 heteroatoms. The maximum Gasteiger partial charge on any atom is 0.317 e. The van der Waals surface area contributed by atoms with Gasteiger partial charge in [0.1, 0.15) is 0 Å². The van der Waals surface area contributed by atoms with Gasteiger partial charge in [0.25, 0.3) is 0 Å². The number of carboxylic acid groups (broad SMARTS) is 1. The fraction of sp³-hybridized carbons (Fsp3) is 0.667. The number of amides is 2. The smallest absolute Gasteiger partial charge is 0.317 e. The van der Waals surface area contributed by atoms with Crippen molar-refractivity contribution in [2.75, 3.05) is 39.3 Å². The standard InChI is InChI=1S/C12H19N3O3/c1-2-3-5-13-12(18)15-7-4-6-14(8-9-15)10-11(16)17/h1H,3-10H2,(H,13,18)(H,16,17). The van der Waals surface area contributed by atoms with Crippen molar-refractivity contribution in [3.05, 3.63) is 0 Å². The SMILES string of the molecule is C#CCCNC(=O)N1CCCN(CC(=O)O)CC1. The first kappa shape index (κ1) is 14.3. The van der Waals surface area contributed by atoms with Gasteiger partial charge in [0.2, 0.25) is 0 Å². The number of nitrogens with one attached hydrogen (secondary N) is 1. The first-order valence-corrected chi connectivity index (χ1v) is 6.04. The summed E-state index contributed by atoms with van der Waals surface area (Å²) in [6.07, 6.45) is 6.41. The van der Waals surface area contributed by atoms with Crippen molar-refractivity contribution in [2.24, 2.45) is 0 Å². The molecule has 0 atom stereocenters. The highest BCUT2D eigenvalue weighted by Gasteiger charge is 2.19. The van der Waals surface area contributed by atoms with Crippen LogP contribution in [0.25, 0.3) is 0 Å². The van der Waals surface area contributed by atoms with Crippen molar-refractivity contribution in [3.8, 4) is 12.3 Å². The van der Waals surface area contributed by atoms with E-state index in [0.29, 0.717) is 39.1 Å². The first-order chi connectivity index (χ1) is 8.63. The van der Waals surface area contributed by atoms with Crippen LogP contribution in [0.3, 0.4) is 0 Å². The van der Waals surface area contributed by atoms with Crippen LogP contribution in [0, 0.1) is 12.3 Å². The Labute approximate surface area is 107 Å².